The predicted octanol–water partition coefficient (Wildman–Crippen LogP) is 3.57. The molecule has 2 aromatic carbocycles. The first-order valence-electron chi connectivity index (χ1n) is 5.60. The molecule has 2 rings (SSSR count). The minimum Gasteiger partial charge on any atom is -0.399 e. The van der Waals surface area contributed by atoms with Crippen LogP contribution in [0, 0.1) is 16.3 Å². The molecule has 98 valence electrons. The molecule has 1 amide bonds. The number of hydrogen-bond acceptors (Lipinski definition) is 2. The van der Waals surface area contributed by atoms with E-state index in [4.69, 9.17) is 5.73 Å². The van der Waals surface area contributed by atoms with Gasteiger partial charge >= 0.3 is 0 Å². The number of carbonyl (C=O) groups excluding carboxylic acids is 1. The van der Waals surface area contributed by atoms with E-state index in [1.807, 2.05) is 29.5 Å². The van der Waals surface area contributed by atoms with Gasteiger partial charge in [0.15, 0.2) is 0 Å². The van der Waals surface area contributed by atoms with Crippen LogP contribution in [-0.2, 0) is 0 Å². The van der Waals surface area contributed by atoms with Crippen LogP contribution in [0.15, 0.2) is 36.4 Å². The molecular formula is C14H12FIN2O. The molecule has 0 saturated heterocycles. The highest BCUT2D eigenvalue weighted by molar-refractivity contribution is 14.1. The minimum absolute atomic E-state index is 0.243. The first-order valence-corrected chi connectivity index (χ1v) is 6.68. The first kappa shape index (κ1) is 13.8. The van der Waals surface area contributed by atoms with E-state index >= 15 is 0 Å². The van der Waals surface area contributed by atoms with Crippen LogP contribution in [0.3, 0.4) is 0 Å². The summed E-state index contributed by atoms with van der Waals surface area (Å²) in [6.07, 6.45) is 0. The van der Waals surface area contributed by atoms with E-state index in [0.29, 0.717) is 20.5 Å². The zero-order chi connectivity index (χ0) is 14.0. The van der Waals surface area contributed by atoms with E-state index in [1.165, 1.54) is 12.1 Å². The van der Waals surface area contributed by atoms with Crippen LogP contribution in [-0.4, -0.2) is 5.91 Å². The number of carbonyl (C=O) groups is 1. The highest BCUT2D eigenvalue weighted by Crippen LogP contribution is 2.20. The average molecular weight is 370 g/mol. The van der Waals surface area contributed by atoms with Crippen LogP contribution >= 0.6 is 22.6 Å². The van der Waals surface area contributed by atoms with Crippen LogP contribution in [0.5, 0.6) is 0 Å². The summed E-state index contributed by atoms with van der Waals surface area (Å²) >= 11 is 1.98. The molecule has 0 atom stereocenters. The van der Waals surface area contributed by atoms with E-state index < -0.39 is 0 Å². The molecule has 0 aliphatic carbocycles. The van der Waals surface area contributed by atoms with Crippen molar-refractivity contribution >= 4 is 39.9 Å². The second kappa shape index (κ2) is 5.56. The zero-order valence-corrected chi connectivity index (χ0v) is 12.4. The number of nitrogens with one attached hydrogen (secondary N) is 1. The second-order valence-electron chi connectivity index (χ2n) is 4.15. The lowest BCUT2D eigenvalue weighted by Gasteiger charge is -2.08. The fourth-order valence-electron chi connectivity index (χ4n) is 1.60. The Kier molecular flexibility index (Phi) is 4.04. The van der Waals surface area contributed by atoms with Gasteiger partial charge in [-0.25, -0.2) is 4.39 Å². The summed E-state index contributed by atoms with van der Waals surface area (Å²) in [7, 11) is 0. The van der Waals surface area contributed by atoms with E-state index in [0.717, 1.165) is 5.56 Å². The van der Waals surface area contributed by atoms with Crippen LogP contribution in [0.25, 0.3) is 0 Å². The maximum atomic E-state index is 13.0. The Bertz CT molecular complexity index is 643. The number of halogens is 2. The molecule has 0 fully saturated rings. The second-order valence-corrected chi connectivity index (χ2v) is 5.31. The SMILES string of the molecule is Cc1cc(C(=O)Nc2ccc(F)cc2I)ccc1N. The maximum Gasteiger partial charge on any atom is 0.255 e. The molecular weight excluding hydrogens is 358 g/mol. The quantitative estimate of drug-likeness (QED) is 0.627. The molecule has 0 spiro atoms. The summed E-state index contributed by atoms with van der Waals surface area (Å²) in [4.78, 5) is 12.1. The molecule has 0 heterocycles. The van der Waals surface area contributed by atoms with Crippen molar-refractivity contribution in [2.45, 2.75) is 6.92 Å². The number of benzene rings is 2. The topological polar surface area (TPSA) is 55.1 Å². The normalized spacial score (nSPS) is 10.3. The number of rotatable bonds is 2. The van der Waals surface area contributed by atoms with Crippen molar-refractivity contribution in [3.63, 3.8) is 0 Å². The Hall–Kier alpha value is -1.63. The number of nitrogens with two attached hydrogens (primary N) is 1. The van der Waals surface area contributed by atoms with Gasteiger partial charge in [0.1, 0.15) is 5.82 Å². The highest BCUT2D eigenvalue weighted by Gasteiger charge is 2.09. The minimum atomic E-state index is -0.328. The van der Waals surface area contributed by atoms with Crippen molar-refractivity contribution in [3.8, 4) is 0 Å². The largest absolute Gasteiger partial charge is 0.399 e. The Morgan fingerprint density at radius 1 is 1.26 bits per heavy atom. The molecule has 3 N–H and O–H groups in total. The molecule has 0 aromatic heterocycles. The molecule has 0 saturated carbocycles. The van der Waals surface area contributed by atoms with Crippen molar-refractivity contribution in [1.29, 1.82) is 0 Å². The molecule has 19 heavy (non-hydrogen) atoms. The highest BCUT2D eigenvalue weighted by atomic mass is 127. The summed E-state index contributed by atoms with van der Waals surface area (Å²) < 4.78 is 13.6. The molecule has 3 nitrogen and oxygen atoms in total. The maximum absolute atomic E-state index is 13.0. The summed E-state index contributed by atoms with van der Waals surface area (Å²) in [5.41, 5.74) is 8.31. The molecule has 0 aliphatic rings. The van der Waals surface area contributed by atoms with Gasteiger partial charge in [-0.3, -0.25) is 4.79 Å². The lowest BCUT2D eigenvalue weighted by Crippen LogP contribution is -2.13. The lowest BCUT2D eigenvalue weighted by atomic mass is 10.1. The number of amides is 1. The Morgan fingerprint density at radius 3 is 2.63 bits per heavy atom. The Balaban J connectivity index is 2.23. The van der Waals surface area contributed by atoms with Crippen molar-refractivity contribution in [2.24, 2.45) is 0 Å². The van der Waals surface area contributed by atoms with Gasteiger partial charge in [0.05, 0.1) is 5.69 Å². The van der Waals surface area contributed by atoms with Gasteiger partial charge in [-0.2, -0.15) is 0 Å². The van der Waals surface area contributed by atoms with Crippen LogP contribution in [0.2, 0.25) is 0 Å². The summed E-state index contributed by atoms with van der Waals surface area (Å²) in [6, 6.07) is 9.30. The number of aryl methyl sites for hydroxylation is 1. The van der Waals surface area contributed by atoms with Crippen molar-refractivity contribution in [1.82, 2.24) is 0 Å². The van der Waals surface area contributed by atoms with Crippen molar-refractivity contribution in [2.75, 3.05) is 11.1 Å². The standard InChI is InChI=1S/C14H12FIN2O/c1-8-6-9(2-4-12(8)17)14(19)18-13-5-3-10(15)7-11(13)16/h2-7H,17H2,1H3,(H,18,19). The number of nitrogen functional groups attached to an aromatic ring is 1. The predicted molar refractivity (Wildman–Crippen MR) is 82.7 cm³/mol. The number of anilines is 2. The fraction of sp³-hybridized carbons (Fsp3) is 0.0714. The monoisotopic (exact) mass is 370 g/mol. The lowest BCUT2D eigenvalue weighted by molar-refractivity contribution is 0.102. The van der Waals surface area contributed by atoms with Gasteiger partial charge in [0.2, 0.25) is 0 Å². The molecule has 0 bridgehead atoms. The molecule has 0 aliphatic heterocycles. The third-order valence-corrected chi connectivity index (χ3v) is 3.60. The van der Waals surface area contributed by atoms with Crippen molar-refractivity contribution < 1.29 is 9.18 Å². The van der Waals surface area contributed by atoms with Crippen LogP contribution in [0.1, 0.15) is 15.9 Å². The van der Waals surface area contributed by atoms with Crippen molar-refractivity contribution in [3.05, 3.63) is 56.9 Å². The van der Waals surface area contributed by atoms with E-state index in [9.17, 15) is 9.18 Å². The first-order chi connectivity index (χ1) is 8.97. The zero-order valence-electron chi connectivity index (χ0n) is 10.2. The smallest absolute Gasteiger partial charge is 0.255 e. The summed E-state index contributed by atoms with van der Waals surface area (Å²) in [5.74, 6) is -0.571. The van der Waals surface area contributed by atoms with Gasteiger partial charge in [-0.15, -0.1) is 0 Å². The van der Waals surface area contributed by atoms with Gasteiger partial charge < -0.3 is 11.1 Å². The molecule has 2 aromatic rings. The van der Waals surface area contributed by atoms with E-state index in [-0.39, 0.29) is 11.7 Å². The molecule has 5 heteroatoms. The third kappa shape index (κ3) is 3.23. The van der Waals surface area contributed by atoms with E-state index in [1.54, 1.807) is 24.3 Å². The summed E-state index contributed by atoms with van der Waals surface area (Å²) in [6.45, 7) is 1.84. The van der Waals surface area contributed by atoms with Gasteiger partial charge in [0, 0.05) is 14.8 Å². The third-order valence-electron chi connectivity index (χ3n) is 2.71. The molecule has 0 radical (unpaired) electrons. The Labute approximate surface area is 124 Å². The van der Waals surface area contributed by atoms with Crippen LogP contribution in [0.4, 0.5) is 15.8 Å². The Morgan fingerprint density at radius 2 is 2.00 bits per heavy atom. The van der Waals surface area contributed by atoms with Gasteiger partial charge in [0.25, 0.3) is 5.91 Å². The van der Waals surface area contributed by atoms with E-state index in [2.05, 4.69) is 5.32 Å². The van der Waals surface area contributed by atoms with Gasteiger partial charge in [-0.05, 0) is 71.5 Å². The summed E-state index contributed by atoms with van der Waals surface area (Å²) in [5, 5.41) is 2.75. The fourth-order valence-corrected chi connectivity index (χ4v) is 2.21. The van der Waals surface area contributed by atoms with Gasteiger partial charge in [-0.1, -0.05) is 0 Å². The van der Waals surface area contributed by atoms with Crippen LogP contribution < -0.4 is 11.1 Å². The number of hydrogen-bond donors (Lipinski definition) is 2. The average Bonchev–Trinajstić information content (AvgIpc) is 2.36. The molecule has 0 unspecified atom stereocenters.